The molecule has 0 radical (unpaired) electrons. The lowest BCUT2D eigenvalue weighted by Crippen LogP contribution is -2.20. The van der Waals surface area contributed by atoms with Crippen molar-refractivity contribution in [1.29, 1.82) is 0 Å². The third-order valence-electron chi connectivity index (χ3n) is 4.27. The average Bonchev–Trinajstić information content (AvgIpc) is 2.95. The van der Waals surface area contributed by atoms with Crippen molar-refractivity contribution in [3.8, 4) is 17.0 Å². The molecule has 0 unspecified atom stereocenters. The third kappa shape index (κ3) is 4.70. The number of hydrogen-bond donors (Lipinski definition) is 1. The van der Waals surface area contributed by atoms with Gasteiger partial charge >= 0.3 is 6.18 Å². The SMILES string of the molecule is COc1ccn2c(-c3ccc(C(F)(F)F)cc3)c(NC(=O)CC(C)(C)C)nc2c1. The predicted octanol–water partition coefficient (Wildman–Crippen LogP) is 5.40. The van der Waals surface area contributed by atoms with E-state index in [1.54, 1.807) is 22.7 Å². The van der Waals surface area contributed by atoms with Gasteiger partial charge in [0.1, 0.15) is 11.4 Å². The first-order chi connectivity index (χ1) is 13.5. The van der Waals surface area contributed by atoms with Gasteiger partial charge in [0.2, 0.25) is 5.91 Å². The number of carbonyl (C=O) groups is 1. The van der Waals surface area contributed by atoms with Gasteiger partial charge in [-0.3, -0.25) is 9.20 Å². The van der Waals surface area contributed by atoms with Crippen LogP contribution in [-0.2, 0) is 11.0 Å². The summed E-state index contributed by atoms with van der Waals surface area (Å²) in [5.41, 5.74) is 0.543. The van der Waals surface area contributed by atoms with Crippen molar-refractivity contribution >= 4 is 17.4 Å². The summed E-state index contributed by atoms with van der Waals surface area (Å²) in [6.07, 6.45) is -2.45. The van der Waals surface area contributed by atoms with Gasteiger partial charge in [-0.25, -0.2) is 4.98 Å². The second-order valence-corrected chi connectivity index (χ2v) is 7.96. The van der Waals surface area contributed by atoms with E-state index in [-0.39, 0.29) is 23.6 Å². The molecule has 0 aliphatic carbocycles. The van der Waals surface area contributed by atoms with Crippen molar-refractivity contribution < 1.29 is 22.7 Å². The van der Waals surface area contributed by atoms with Gasteiger partial charge in [0, 0.05) is 24.2 Å². The van der Waals surface area contributed by atoms with Crippen LogP contribution in [0.5, 0.6) is 5.75 Å². The molecule has 1 N–H and O–H groups in total. The third-order valence-corrected chi connectivity index (χ3v) is 4.27. The van der Waals surface area contributed by atoms with Crippen LogP contribution in [0.4, 0.5) is 19.0 Å². The van der Waals surface area contributed by atoms with Gasteiger partial charge in [-0.2, -0.15) is 13.2 Å². The maximum Gasteiger partial charge on any atom is 0.416 e. The molecule has 0 fully saturated rings. The number of imidazole rings is 1. The molecule has 0 spiro atoms. The first-order valence-electron chi connectivity index (χ1n) is 9.01. The quantitative estimate of drug-likeness (QED) is 0.632. The molecule has 154 valence electrons. The number of nitrogens with zero attached hydrogens (tertiary/aromatic N) is 2. The minimum atomic E-state index is -4.42. The highest BCUT2D eigenvalue weighted by molar-refractivity contribution is 5.94. The molecule has 3 rings (SSSR count). The number of benzene rings is 1. The Morgan fingerprint density at radius 2 is 1.79 bits per heavy atom. The van der Waals surface area contributed by atoms with Gasteiger partial charge in [-0.1, -0.05) is 32.9 Å². The average molecular weight is 405 g/mol. The zero-order valence-electron chi connectivity index (χ0n) is 16.6. The Kier molecular flexibility index (Phi) is 5.30. The van der Waals surface area contributed by atoms with Gasteiger partial charge in [0.05, 0.1) is 18.4 Å². The number of halogens is 3. The highest BCUT2D eigenvalue weighted by Gasteiger charge is 2.30. The summed E-state index contributed by atoms with van der Waals surface area (Å²) in [5.74, 6) is 0.641. The summed E-state index contributed by atoms with van der Waals surface area (Å²) >= 11 is 0. The van der Waals surface area contributed by atoms with Crippen LogP contribution in [0.1, 0.15) is 32.8 Å². The molecule has 0 atom stereocenters. The molecular formula is C21H22F3N3O2. The topological polar surface area (TPSA) is 55.6 Å². The molecule has 2 aromatic heterocycles. The highest BCUT2D eigenvalue weighted by Crippen LogP contribution is 2.34. The molecule has 0 bridgehead atoms. The van der Waals surface area contributed by atoms with Gasteiger partial charge in [-0.15, -0.1) is 0 Å². The molecule has 8 heteroatoms. The molecule has 29 heavy (non-hydrogen) atoms. The maximum absolute atomic E-state index is 12.9. The fourth-order valence-corrected chi connectivity index (χ4v) is 2.99. The predicted molar refractivity (Wildman–Crippen MR) is 105 cm³/mol. The van der Waals surface area contributed by atoms with Crippen molar-refractivity contribution in [2.75, 3.05) is 12.4 Å². The van der Waals surface area contributed by atoms with Crippen molar-refractivity contribution in [3.05, 3.63) is 48.2 Å². The van der Waals surface area contributed by atoms with Crippen LogP contribution in [0.25, 0.3) is 16.9 Å². The minimum Gasteiger partial charge on any atom is -0.497 e. The largest absolute Gasteiger partial charge is 0.497 e. The van der Waals surface area contributed by atoms with E-state index in [1.165, 1.54) is 19.2 Å². The van der Waals surface area contributed by atoms with Gasteiger partial charge in [0.25, 0.3) is 0 Å². The van der Waals surface area contributed by atoms with Gasteiger partial charge in [-0.05, 0) is 23.6 Å². The Labute approximate surface area is 166 Å². The summed E-state index contributed by atoms with van der Waals surface area (Å²) < 4.78 is 45.7. The molecule has 0 saturated carbocycles. The number of pyridine rings is 1. The zero-order chi connectivity index (χ0) is 21.4. The zero-order valence-corrected chi connectivity index (χ0v) is 16.6. The van der Waals surface area contributed by atoms with E-state index in [2.05, 4.69) is 10.3 Å². The van der Waals surface area contributed by atoms with E-state index in [0.717, 1.165) is 12.1 Å². The molecule has 2 heterocycles. The van der Waals surface area contributed by atoms with Crippen LogP contribution in [0.15, 0.2) is 42.6 Å². The van der Waals surface area contributed by atoms with Crippen molar-refractivity contribution in [3.63, 3.8) is 0 Å². The summed E-state index contributed by atoms with van der Waals surface area (Å²) in [6.45, 7) is 5.83. The lowest BCUT2D eigenvalue weighted by molar-refractivity contribution is -0.137. The monoisotopic (exact) mass is 405 g/mol. The summed E-state index contributed by atoms with van der Waals surface area (Å²) in [6, 6.07) is 8.17. The molecule has 1 amide bonds. The van der Waals surface area contributed by atoms with E-state index in [1.807, 2.05) is 20.8 Å². The van der Waals surface area contributed by atoms with E-state index in [0.29, 0.717) is 22.7 Å². The normalized spacial score (nSPS) is 12.2. The summed E-state index contributed by atoms with van der Waals surface area (Å²) in [5, 5.41) is 2.80. The Balaban J connectivity index is 2.09. The number of fused-ring (bicyclic) bond motifs is 1. The number of alkyl halides is 3. The van der Waals surface area contributed by atoms with Crippen LogP contribution in [-0.4, -0.2) is 22.4 Å². The van der Waals surface area contributed by atoms with Crippen molar-refractivity contribution in [2.45, 2.75) is 33.4 Å². The number of methoxy groups -OCH3 is 1. The Hall–Kier alpha value is -3.03. The van der Waals surface area contributed by atoms with Crippen LogP contribution < -0.4 is 10.1 Å². The summed E-state index contributed by atoms with van der Waals surface area (Å²) in [7, 11) is 1.53. The number of ether oxygens (including phenoxy) is 1. The Morgan fingerprint density at radius 1 is 1.14 bits per heavy atom. The molecular weight excluding hydrogens is 383 g/mol. The fourth-order valence-electron chi connectivity index (χ4n) is 2.99. The number of nitrogens with one attached hydrogen (secondary N) is 1. The highest BCUT2D eigenvalue weighted by atomic mass is 19.4. The molecule has 0 aliphatic heterocycles. The van der Waals surface area contributed by atoms with E-state index in [4.69, 9.17) is 4.74 Å². The van der Waals surface area contributed by atoms with Crippen LogP contribution >= 0.6 is 0 Å². The van der Waals surface area contributed by atoms with Gasteiger partial charge < -0.3 is 10.1 Å². The lowest BCUT2D eigenvalue weighted by atomic mass is 9.92. The van der Waals surface area contributed by atoms with Crippen molar-refractivity contribution in [2.24, 2.45) is 5.41 Å². The fraction of sp³-hybridized carbons (Fsp3) is 0.333. The molecule has 0 saturated heterocycles. The number of amides is 1. The maximum atomic E-state index is 12.9. The standard InChI is InChI=1S/C21H22F3N3O2/c1-20(2,3)12-17(28)26-19-18(13-5-7-14(8-6-13)21(22,23)24)27-10-9-15(29-4)11-16(27)25-19/h5-11H,12H2,1-4H3,(H,26,28). The molecule has 0 aliphatic rings. The number of hydrogen-bond acceptors (Lipinski definition) is 3. The van der Waals surface area contributed by atoms with Crippen LogP contribution in [0, 0.1) is 5.41 Å². The lowest BCUT2D eigenvalue weighted by Gasteiger charge is -2.17. The molecule has 1 aromatic carbocycles. The van der Waals surface area contributed by atoms with Crippen LogP contribution in [0.2, 0.25) is 0 Å². The second kappa shape index (κ2) is 7.42. The van der Waals surface area contributed by atoms with E-state index < -0.39 is 11.7 Å². The number of anilines is 1. The molecule has 3 aromatic rings. The minimum absolute atomic E-state index is 0.221. The Bertz CT molecular complexity index is 1030. The first kappa shape index (κ1) is 20.7. The van der Waals surface area contributed by atoms with Gasteiger partial charge in [0.15, 0.2) is 5.82 Å². The van der Waals surface area contributed by atoms with E-state index in [9.17, 15) is 18.0 Å². The summed E-state index contributed by atoms with van der Waals surface area (Å²) in [4.78, 5) is 16.9. The number of rotatable bonds is 4. The van der Waals surface area contributed by atoms with Crippen LogP contribution in [0.3, 0.4) is 0 Å². The second-order valence-electron chi connectivity index (χ2n) is 7.96. The number of aromatic nitrogens is 2. The first-order valence-corrected chi connectivity index (χ1v) is 9.01. The van der Waals surface area contributed by atoms with E-state index >= 15 is 0 Å². The van der Waals surface area contributed by atoms with Crippen molar-refractivity contribution in [1.82, 2.24) is 9.38 Å². The molecule has 5 nitrogen and oxygen atoms in total. The Morgan fingerprint density at radius 3 is 2.34 bits per heavy atom. The smallest absolute Gasteiger partial charge is 0.416 e. The number of carbonyl (C=O) groups excluding carboxylic acids is 1.